The molecule has 8 fully saturated rings. The highest BCUT2D eigenvalue weighted by Crippen LogP contribution is 2.72. The van der Waals surface area contributed by atoms with Crippen LogP contribution in [0.25, 0.3) is 0 Å². The predicted molar refractivity (Wildman–Crippen MR) is 246 cm³/mol. The lowest BCUT2D eigenvalue weighted by Crippen LogP contribution is -2.61. The lowest BCUT2D eigenvalue weighted by atomic mass is 9.41. The maximum atomic E-state index is 11.8. The molecule has 0 unspecified atom stereocenters. The van der Waals surface area contributed by atoms with Crippen molar-refractivity contribution in [3.05, 3.63) is 0 Å². The van der Waals surface area contributed by atoms with E-state index in [0.717, 1.165) is 61.7 Å². The molecule has 0 heterocycles. The Morgan fingerprint density at radius 2 is 1.00 bits per heavy atom. The van der Waals surface area contributed by atoms with Crippen molar-refractivity contribution in [2.75, 3.05) is 13.7 Å². The summed E-state index contributed by atoms with van der Waals surface area (Å²) in [4.78, 5) is 11.7. The second-order valence-corrected chi connectivity index (χ2v) is 25.1. The second-order valence-electron chi connectivity index (χ2n) is 25.1. The number of fused-ring (bicyclic) bond motifs is 10. The molecule has 8 saturated carbocycles. The second kappa shape index (κ2) is 18.3. The SMILES string of the molecule is CC[C@H]1[C@@H](O)[C@@H]2[C@H](CC[C@]3(C)[C@@H]([C@H](C)CCC(=O)OC)CC[C@@H]23)[C@@]2(C)CC[C@@H](C)C[C@@H]12.CC[C@H]1[C@@H](O)[C@@H]2[C@H](CC[C@]3(C)[C@@H]([C@H](C)CCCO)CC[C@@H]23)[C@@]2(C)CC[C@@H](C)C[C@@H]12. The smallest absolute Gasteiger partial charge is 0.305 e. The molecule has 0 aromatic rings. The van der Waals surface area contributed by atoms with Crippen molar-refractivity contribution >= 4 is 5.97 Å². The van der Waals surface area contributed by atoms with Gasteiger partial charge in [-0.2, -0.15) is 0 Å². The number of aliphatic hydroxyl groups is 3. The third-order valence-corrected chi connectivity index (χ3v) is 22.7. The Labute approximate surface area is 369 Å². The molecule has 0 aliphatic heterocycles. The van der Waals surface area contributed by atoms with Crippen LogP contribution in [0.1, 0.15) is 198 Å². The standard InChI is InChI=1S/C28H48O3.C27H48O2/c1-7-19-23-16-17(2)12-14-28(23,5)22-13-15-27(4)20(18(3)8-11-24(29)31-6)9-10-21(27)25(22)26(19)30;1-6-19-23-16-17(2)11-13-27(23,5)22-12-14-26(4)20(18(3)8-7-15-28)9-10-21(26)24(22)25(19)29/h17-23,25-26,30H,7-16H2,1-6H3;17-25,28-29H,6-16H2,1-5H3/t17-,18-,19-,20-,21+,22+,23+,25+,26-,27-,28-;17-,18-,19-,20-,21+,22+,23+,24+,25-,26-,27-/m11/s1. The zero-order valence-corrected chi connectivity index (χ0v) is 40.9. The number of esters is 1. The fourth-order valence-corrected chi connectivity index (χ4v) is 19.6. The van der Waals surface area contributed by atoms with E-state index < -0.39 is 0 Å². The molecule has 0 bridgehead atoms. The van der Waals surface area contributed by atoms with E-state index >= 15 is 0 Å². The van der Waals surface area contributed by atoms with Gasteiger partial charge in [0.1, 0.15) is 0 Å². The first-order valence-corrected chi connectivity index (χ1v) is 26.5. The zero-order valence-electron chi connectivity index (χ0n) is 40.9. The van der Waals surface area contributed by atoms with Crippen molar-refractivity contribution in [2.24, 2.45) is 116 Å². The molecule has 0 radical (unpaired) electrons. The summed E-state index contributed by atoms with van der Waals surface area (Å²) in [5.41, 5.74) is 1.60. The van der Waals surface area contributed by atoms with Gasteiger partial charge in [0.05, 0.1) is 19.3 Å². The van der Waals surface area contributed by atoms with Gasteiger partial charge in [0, 0.05) is 13.0 Å². The lowest BCUT2D eigenvalue weighted by molar-refractivity contribution is -0.198. The summed E-state index contributed by atoms with van der Waals surface area (Å²) >= 11 is 0. The monoisotopic (exact) mass is 837 g/mol. The van der Waals surface area contributed by atoms with Crippen molar-refractivity contribution < 1.29 is 24.9 Å². The number of methoxy groups -OCH3 is 1. The average Bonchev–Trinajstić information content (AvgIpc) is 3.77. The highest BCUT2D eigenvalue weighted by molar-refractivity contribution is 5.69. The molecule has 3 N–H and O–H groups in total. The highest BCUT2D eigenvalue weighted by atomic mass is 16.5. The maximum Gasteiger partial charge on any atom is 0.305 e. The van der Waals surface area contributed by atoms with Crippen LogP contribution in [0.5, 0.6) is 0 Å². The Bertz CT molecular complexity index is 1450. The first-order valence-electron chi connectivity index (χ1n) is 26.5. The molecule has 8 rings (SSSR count). The van der Waals surface area contributed by atoms with Gasteiger partial charge in [-0.25, -0.2) is 0 Å². The van der Waals surface area contributed by atoms with Crippen LogP contribution in [-0.2, 0) is 9.53 Å². The summed E-state index contributed by atoms with van der Waals surface area (Å²) < 4.78 is 4.90. The molecular weight excluding hydrogens is 741 g/mol. The van der Waals surface area contributed by atoms with Crippen LogP contribution < -0.4 is 0 Å². The van der Waals surface area contributed by atoms with Gasteiger partial charge in [-0.3, -0.25) is 4.79 Å². The summed E-state index contributed by atoms with van der Waals surface area (Å²) in [6, 6.07) is 0. The van der Waals surface area contributed by atoms with Crippen LogP contribution >= 0.6 is 0 Å². The van der Waals surface area contributed by atoms with Gasteiger partial charge in [0.25, 0.3) is 0 Å². The molecule has 0 aromatic heterocycles. The molecule has 0 amide bonds. The summed E-state index contributed by atoms with van der Waals surface area (Å²) in [6.07, 6.45) is 24.4. The van der Waals surface area contributed by atoms with Gasteiger partial charge in [0.15, 0.2) is 0 Å². The van der Waals surface area contributed by atoms with E-state index in [-0.39, 0.29) is 18.2 Å². The lowest BCUT2D eigenvalue weighted by Gasteiger charge is -2.65. The normalized spacial score (nSPS) is 51.6. The zero-order chi connectivity index (χ0) is 43.5. The van der Waals surface area contributed by atoms with Crippen LogP contribution in [0.3, 0.4) is 0 Å². The van der Waals surface area contributed by atoms with Crippen molar-refractivity contribution in [1.29, 1.82) is 0 Å². The number of ether oxygens (including phenoxy) is 1. The largest absolute Gasteiger partial charge is 0.469 e. The Morgan fingerprint density at radius 3 is 1.40 bits per heavy atom. The van der Waals surface area contributed by atoms with Crippen LogP contribution in [0, 0.1) is 116 Å². The van der Waals surface area contributed by atoms with Gasteiger partial charge < -0.3 is 20.1 Å². The molecule has 5 heteroatoms. The third kappa shape index (κ3) is 7.85. The number of aliphatic hydroxyl groups excluding tert-OH is 3. The Hall–Kier alpha value is -0.650. The van der Waals surface area contributed by atoms with E-state index in [1.54, 1.807) is 0 Å². The van der Waals surface area contributed by atoms with Crippen LogP contribution in [0.4, 0.5) is 0 Å². The number of carbonyl (C=O) groups excluding carboxylic acids is 1. The molecule has 0 saturated heterocycles. The van der Waals surface area contributed by atoms with E-state index in [2.05, 4.69) is 69.2 Å². The molecule has 0 aromatic carbocycles. The van der Waals surface area contributed by atoms with Crippen LogP contribution in [0.2, 0.25) is 0 Å². The van der Waals surface area contributed by atoms with Crippen molar-refractivity contribution in [3.8, 4) is 0 Å². The highest BCUT2D eigenvalue weighted by Gasteiger charge is 2.66. The van der Waals surface area contributed by atoms with Gasteiger partial charge in [-0.15, -0.1) is 0 Å². The quantitative estimate of drug-likeness (QED) is 0.191. The summed E-state index contributed by atoms with van der Waals surface area (Å²) in [5.74, 6) is 10.5. The number of rotatable bonds is 10. The van der Waals surface area contributed by atoms with Gasteiger partial charge in [-0.1, -0.05) is 94.9 Å². The molecule has 8 aliphatic rings. The van der Waals surface area contributed by atoms with E-state index in [1.807, 2.05) is 0 Å². The van der Waals surface area contributed by atoms with E-state index in [0.29, 0.717) is 99.8 Å². The van der Waals surface area contributed by atoms with Crippen molar-refractivity contribution in [1.82, 2.24) is 0 Å². The first-order chi connectivity index (χ1) is 28.4. The maximum absolute atomic E-state index is 11.8. The molecule has 0 spiro atoms. The number of hydrogen-bond acceptors (Lipinski definition) is 5. The fourth-order valence-electron chi connectivity index (χ4n) is 19.6. The topological polar surface area (TPSA) is 87.0 Å². The Kier molecular flexibility index (Phi) is 14.4. The summed E-state index contributed by atoms with van der Waals surface area (Å²) in [6.45, 7) is 25.0. The molecule has 60 heavy (non-hydrogen) atoms. The first kappa shape index (κ1) is 47.3. The molecule has 5 nitrogen and oxygen atoms in total. The summed E-state index contributed by atoms with van der Waals surface area (Å²) in [5, 5.41) is 33.0. The Balaban J connectivity index is 0.000000182. The third-order valence-electron chi connectivity index (χ3n) is 22.7. The number of carbonyl (C=O) groups is 1. The van der Waals surface area contributed by atoms with Gasteiger partial charge in [0.2, 0.25) is 0 Å². The molecule has 22 atom stereocenters. The average molecular weight is 837 g/mol. The van der Waals surface area contributed by atoms with Gasteiger partial charge >= 0.3 is 5.97 Å². The van der Waals surface area contributed by atoms with Crippen molar-refractivity contribution in [2.45, 2.75) is 210 Å². The molecule has 8 aliphatic carbocycles. The minimum Gasteiger partial charge on any atom is -0.469 e. The number of hydrogen-bond donors (Lipinski definition) is 3. The molecular formula is C55H96O5. The van der Waals surface area contributed by atoms with Crippen molar-refractivity contribution in [3.63, 3.8) is 0 Å². The van der Waals surface area contributed by atoms with E-state index in [1.165, 1.54) is 97.0 Å². The minimum absolute atomic E-state index is 0.0748. The van der Waals surface area contributed by atoms with Crippen LogP contribution in [-0.4, -0.2) is 47.2 Å². The van der Waals surface area contributed by atoms with E-state index in [9.17, 15) is 20.1 Å². The fraction of sp³-hybridized carbons (Fsp3) is 0.982. The van der Waals surface area contributed by atoms with Gasteiger partial charge in [-0.05, 0) is 213 Å². The predicted octanol–water partition coefficient (Wildman–Crippen LogP) is 12.8. The van der Waals surface area contributed by atoms with Crippen LogP contribution in [0.15, 0.2) is 0 Å². The summed E-state index contributed by atoms with van der Waals surface area (Å²) in [7, 11) is 1.50. The molecule has 346 valence electrons. The van der Waals surface area contributed by atoms with E-state index in [4.69, 9.17) is 4.74 Å². The Morgan fingerprint density at radius 1 is 0.600 bits per heavy atom. The minimum atomic E-state index is -0.118.